The summed E-state index contributed by atoms with van der Waals surface area (Å²) in [5.74, 6) is 2.16. The lowest BCUT2D eigenvalue weighted by molar-refractivity contribution is -0.146. The van der Waals surface area contributed by atoms with Crippen molar-refractivity contribution in [1.29, 1.82) is 0 Å². The molecule has 1 unspecified atom stereocenters. The molecule has 0 spiro atoms. The normalized spacial score (nSPS) is 38.2. The highest BCUT2D eigenvalue weighted by molar-refractivity contribution is 6.00. The summed E-state index contributed by atoms with van der Waals surface area (Å²) in [5.41, 5.74) is 1.87. The van der Waals surface area contributed by atoms with Gasteiger partial charge in [0.05, 0.1) is 5.70 Å². The van der Waals surface area contributed by atoms with Gasteiger partial charge in [-0.1, -0.05) is 13.8 Å². The maximum Gasteiger partial charge on any atom is 0.226 e. The second-order valence-electron chi connectivity index (χ2n) is 12.4. The van der Waals surface area contributed by atoms with Crippen molar-refractivity contribution in [2.45, 2.75) is 112 Å². The summed E-state index contributed by atoms with van der Waals surface area (Å²) in [6.07, 6.45) is 7.75. The molecule has 0 aromatic carbocycles. The van der Waals surface area contributed by atoms with Gasteiger partial charge in [-0.25, -0.2) is 0 Å². The summed E-state index contributed by atoms with van der Waals surface area (Å²) >= 11 is 0. The molecule has 0 heterocycles. The van der Waals surface area contributed by atoms with Gasteiger partial charge in [-0.2, -0.15) is 0 Å². The summed E-state index contributed by atoms with van der Waals surface area (Å²) in [5, 5.41) is 2.90. The van der Waals surface area contributed by atoms with Crippen molar-refractivity contribution in [3.05, 3.63) is 11.3 Å². The molecule has 4 aliphatic carbocycles. The van der Waals surface area contributed by atoms with E-state index in [1.807, 2.05) is 0 Å². The van der Waals surface area contributed by atoms with Gasteiger partial charge < -0.3 is 10.2 Å². The Morgan fingerprint density at radius 3 is 2.21 bits per heavy atom. The third-order valence-corrected chi connectivity index (χ3v) is 10.1. The Labute approximate surface area is 200 Å². The lowest BCUT2D eigenvalue weighted by Gasteiger charge is -2.58. The molecule has 0 aliphatic heterocycles. The van der Waals surface area contributed by atoms with Crippen molar-refractivity contribution < 1.29 is 14.4 Å². The summed E-state index contributed by atoms with van der Waals surface area (Å²) < 4.78 is 0. The first-order valence-electron chi connectivity index (χ1n) is 13.3. The zero-order chi connectivity index (χ0) is 24.3. The van der Waals surface area contributed by atoms with E-state index in [0.29, 0.717) is 35.8 Å². The van der Waals surface area contributed by atoms with Crippen molar-refractivity contribution in [2.24, 2.45) is 34.5 Å². The predicted molar refractivity (Wildman–Crippen MR) is 130 cm³/mol. The van der Waals surface area contributed by atoms with Crippen LogP contribution in [0.5, 0.6) is 0 Å². The highest BCUT2D eigenvalue weighted by atomic mass is 16.2. The maximum atomic E-state index is 13.8. The number of hydrogen-bond acceptors (Lipinski definition) is 3. The Morgan fingerprint density at radius 2 is 1.61 bits per heavy atom. The van der Waals surface area contributed by atoms with Crippen molar-refractivity contribution in [3.8, 4) is 0 Å². The number of ketones is 1. The van der Waals surface area contributed by atoms with Crippen molar-refractivity contribution in [2.75, 3.05) is 0 Å². The zero-order valence-electron chi connectivity index (χ0n) is 21.8. The lowest BCUT2D eigenvalue weighted by Crippen LogP contribution is -2.54. The van der Waals surface area contributed by atoms with Gasteiger partial charge in [0.25, 0.3) is 0 Å². The number of nitrogens with zero attached hydrogens (tertiary/aromatic N) is 1. The van der Waals surface area contributed by atoms with Crippen LogP contribution in [0.15, 0.2) is 11.3 Å². The quantitative estimate of drug-likeness (QED) is 0.629. The Kier molecular flexibility index (Phi) is 6.33. The van der Waals surface area contributed by atoms with Crippen LogP contribution in [0.2, 0.25) is 0 Å². The molecule has 4 aliphatic rings. The third kappa shape index (κ3) is 3.78. The smallest absolute Gasteiger partial charge is 0.226 e. The minimum atomic E-state index is -0.148. The molecule has 4 rings (SSSR count). The molecule has 3 saturated carbocycles. The monoisotopic (exact) mass is 456 g/mol. The van der Waals surface area contributed by atoms with E-state index >= 15 is 0 Å². The number of carbonyl (C=O) groups excluding carboxylic acids is 3. The number of rotatable bonds is 4. The second-order valence-corrected chi connectivity index (χ2v) is 12.4. The van der Waals surface area contributed by atoms with Gasteiger partial charge in [0.1, 0.15) is 0 Å². The van der Waals surface area contributed by atoms with E-state index in [4.69, 9.17) is 0 Å². The van der Waals surface area contributed by atoms with Crippen molar-refractivity contribution in [3.63, 3.8) is 0 Å². The van der Waals surface area contributed by atoms with Crippen LogP contribution in [-0.4, -0.2) is 34.6 Å². The summed E-state index contributed by atoms with van der Waals surface area (Å²) in [4.78, 5) is 40.4. The minimum Gasteiger partial charge on any atom is -0.338 e. The van der Waals surface area contributed by atoms with Crippen LogP contribution in [0.3, 0.4) is 0 Å². The first-order valence-corrected chi connectivity index (χ1v) is 13.3. The minimum absolute atomic E-state index is 0.0140. The van der Waals surface area contributed by atoms with Crippen LogP contribution < -0.4 is 5.32 Å². The fourth-order valence-corrected chi connectivity index (χ4v) is 8.73. The number of hydrogen-bond donors (Lipinski definition) is 1. The fraction of sp³-hybridized carbons (Fsp3) is 0.821. The van der Waals surface area contributed by atoms with E-state index in [9.17, 15) is 14.4 Å². The number of fused-ring (bicyclic) bond motifs is 5. The molecule has 2 amide bonds. The van der Waals surface area contributed by atoms with E-state index in [2.05, 4.69) is 51.8 Å². The molecule has 5 nitrogen and oxygen atoms in total. The number of carbonyl (C=O) groups is 3. The molecule has 0 bridgehead atoms. The zero-order valence-corrected chi connectivity index (χ0v) is 21.8. The van der Waals surface area contributed by atoms with E-state index < -0.39 is 0 Å². The molecule has 0 saturated heterocycles. The second kappa shape index (κ2) is 8.53. The molecule has 1 N–H and O–H groups in total. The van der Waals surface area contributed by atoms with Gasteiger partial charge in [0.2, 0.25) is 11.8 Å². The molecule has 33 heavy (non-hydrogen) atoms. The van der Waals surface area contributed by atoms with E-state index in [1.54, 1.807) is 0 Å². The van der Waals surface area contributed by atoms with Gasteiger partial charge in [-0.05, 0) is 107 Å². The van der Waals surface area contributed by atoms with Crippen LogP contribution >= 0.6 is 0 Å². The summed E-state index contributed by atoms with van der Waals surface area (Å²) in [6, 6.07) is 0.453. The van der Waals surface area contributed by atoms with Crippen LogP contribution in [0, 0.1) is 34.5 Å². The topological polar surface area (TPSA) is 66.5 Å². The summed E-state index contributed by atoms with van der Waals surface area (Å²) in [7, 11) is 0. The van der Waals surface area contributed by atoms with Gasteiger partial charge >= 0.3 is 0 Å². The molecule has 5 heteroatoms. The largest absolute Gasteiger partial charge is 0.338 e. The molecule has 3 fully saturated rings. The van der Waals surface area contributed by atoms with Gasteiger partial charge in [0.15, 0.2) is 5.78 Å². The van der Waals surface area contributed by atoms with Crippen LogP contribution in [-0.2, 0) is 14.4 Å². The number of nitrogens with one attached hydrogen (secondary N) is 1. The SMILES string of the molecule is CC(=O)NC1=C2CC[C@@H]3[C@@H](CC[C@]4(C)C(C(=O)N(C(C)C)C(C)C)CC[C@@H]34)[C@@]2(C)CCC1=O. The van der Waals surface area contributed by atoms with Crippen LogP contribution in [0.4, 0.5) is 0 Å². The number of allylic oxidation sites excluding steroid dienone is 1. The van der Waals surface area contributed by atoms with Gasteiger partial charge in [0, 0.05) is 31.3 Å². The van der Waals surface area contributed by atoms with E-state index in [0.717, 1.165) is 44.9 Å². The highest BCUT2D eigenvalue weighted by Crippen LogP contribution is 2.67. The molecule has 184 valence electrons. The average molecular weight is 457 g/mol. The van der Waals surface area contributed by atoms with Crippen LogP contribution in [0.1, 0.15) is 99.8 Å². The molecular weight excluding hydrogens is 412 g/mol. The first-order chi connectivity index (χ1) is 15.4. The Morgan fingerprint density at radius 1 is 0.939 bits per heavy atom. The van der Waals surface area contributed by atoms with E-state index in [1.165, 1.54) is 12.5 Å². The Bertz CT molecular complexity index is 866. The molecule has 0 radical (unpaired) electrons. The third-order valence-electron chi connectivity index (χ3n) is 10.1. The summed E-state index contributed by atoms with van der Waals surface area (Å²) in [6.45, 7) is 14.8. The first kappa shape index (κ1) is 24.5. The highest BCUT2D eigenvalue weighted by Gasteiger charge is 2.61. The Balaban J connectivity index is 1.63. The number of amides is 2. The Hall–Kier alpha value is -1.65. The molecule has 0 aromatic rings. The van der Waals surface area contributed by atoms with Crippen molar-refractivity contribution in [1.82, 2.24) is 10.2 Å². The van der Waals surface area contributed by atoms with Gasteiger partial charge in [-0.15, -0.1) is 0 Å². The standard InChI is InChI=1S/C28H44N2O3/c1-16(2)30(17(3)4)26(33)23-11-10-20-19-8-9-22-25(29-18(5)31)24(32)13-15-27(22,6)21(19)12-14-28(20,23)7/h16-17,19-21,23H,8-15H2,1-7H3,(H,29,31)/t19-,20-,21+,23?,27+,28-/m0/s1. The van der Waals surface area contributed by atoms with Gasteiger partial charge in [-0.3, -0.25) is 14.4 Å². The molecular formula is C28H44N2O3. The molecule has 6 atom stereocenters. The number of Topliss-reactive ketones (excluding diaryl/α,β-unsaturated/α-hetero) is 1. The van der Waals surface area contributed by atoms with E-state index in [-0.39, 0.29) is 40.5 Å². The fourth-order valence-electron chi connectivity index (χ4n) is 8.73. The van der Waals surface area contributed by atoms with Crippen LogP contribution in [0.25, 0.3) is 0 Å². The lowest BCUT2D eigenvalue weighted by atomic mass is 9.46. The molecule has 0 aromatic heterocycles. The predicted octanol–water partition coefficient (Wildman–Crippen LogP) is 5.24. The maximum absolute atomic E-state index is 13.8. The van der Waals surface area contributed by atoms with Crippen molar-refractivity contribution >= 4 is 17.6 Å². The average Bonchev–Trinajstić information content (AvgIpc) is 3.07.